The largest absolute Gasteiger partial charge is 0.379 e. The molecule has 0 unspecified atom stereocenters. The summed E-state index contributed by atoms with van der Waals surface area (Å²) in [6, 6.07) is 13.3. The van der Waals surface area contributed by atoms with Gasteiger partial charge in [0.25, 0.3) is 11.8 Å². The van der Waals surface area contributed by atoms with E-state index in [9.17, 15) is 9.59 Å². The van der Waals surface area contributed by atoms with Gasteiger partial charge in [-0.1, -0.05) is 30.3 Å². The van der Waals surface area contributed by atoms with Crippen molar-refractivity contribution in [2.45, 2.75) is 0 Å². The van der Waals surface area contributed by atoms with Gasteiger partial charge < -0.3 is 15.0 Å². The van der Waals surface area contributed by atoms with Gasteiger partial charge in [-0.15, -0.1) is 0 Å². The van der Waals surface area contributed by atoms with Gasteiger partial charge in [-0.2, -0.15) is 5.10 Å². The van der Waals surface area contributed by atoms with Gasteiger partial charge in [-0.05, 0) is 17.7 Å². The maximum atomic E-state index is 12.8. The van der Waals surface area contributed by atoms with Crippen LogP contribution in [0.5, 0.6) is 0 Å². The normalized spacial score (nSPS) is 16.2. The number of aromatic amines is 1. The van der Waals surface area contributed by atoms with E-state index in [1.54, 1.807) is 18.3 Å². The summed E-state index contributed by atoms with van der Waals surface area (Å²) in [6.45, 7) is 4.50. The number of ether oxygens (including phenoxy) is 1. The highest BCUT2D eigenvalue weighted by molar-refractivity contribution is 6.18. The van der Waals surface area contributed by atoms with Gasteiger partial charge in [0.05, 0.1) is 30.7 Å². The van der Waals surface area contributed by atoms with Crippen molar-refractivity contribution in [2.24, 2.45) is 5.10 Å². The highest BCUT2D eigenvalue weighted by atomic mass is 16.5. The van der Waals surface area contributed by atoms with Gasteiger partial charge >= 0.3 is 0 Å². The lowest BCUT2D eigenvalue weighted by atomic mass is 10.00. The molecule has 158 valence electrons. The predicted molar refractivity (Wildman–Crippen MR) is 118 cm³/mol. The van der Waals surface area contributed by atoms with Crippen LogP contribution in [0.2, 0.25) is 0 Å². The van der Waals surface area contributed by atoms with Crippen LogP contribution in [-0.2, 0) is 4.74 Å². The number of H-pyrrole nitrogens is 1. The SMILES string of the molecule is O=C(NCCN1CCOCC1)c1cc2c3c(c(-c4ccccc4)[nH]c3c1)C=NNC2=O. The first-order valence-electron chi connectivity index (χ1n) is 10.4. The van der Waals surface area contributed by atoms with E-state index < -0.39 is 0 Å². The summed E-state index contributed by atoms with van der Waals surface area (Å²) in [5, 5.41) is 7.80. The fraction of sp³-hybridized carbons (Fsp3) is 0.261. The van der Waals surface area contributed by atoms with E-state index in [1.165, 1.54) is 0 Å². The van der Waals surface area contributed by atoms with Crippen LogP contribution in [0.3, 0.4) is 0 Å². The monoisotopic (exact) mass is 417 g/mol. The molecule has 0 radical (unpaired) electrons. The molecule has 2 aliphatic rings. The molecule has 3 N–H and O–H groups in total. The van der Waals surface area contributed by atoms with Crippen molar-refractivity contribution in [3.8, 4) is 11.3 Å². The number of benzene rings is 2. The van der Waals surface area contributed by atoms with E-state index in [4.69, 9.17) is 4.74 Å². The third-order valence-corrected chi connectivity index (χ3v) is 5.68. The Kier molecular flexibility index (Phi) is 5.23. The smallest absolute Gasteiger partial charge is 0.272 e. The molecule has 2 aliphatic heterocycles. The topological polar surface area (TPSA) is 98.8 Å². The van der Waals surface area contributed by atoms with Crippen LogP contribution in [-0.4, -0.2) is 67.3 Å². The van der Waals surface area contributed by atoms with Crippen LogP contribution in [0.25, 0.3) is 22.2 Å². The van der Waals surface area contributed by atoms with Crippen LogP contribution in [0.1, 0.15) is 26.3 Å². The summed E-state index contributed by atoms with van der Waals surface area (Å²) in [4.78, 5) is 31.1. The average Bonchev–Trinajstić information content (AvgIpc) is 3.09. The van der Waals surface area contributed by atoms with E-state index in [0.29, 0.717) is 17.7 Å². The highest BCUT2D eigenvalue weighted by Crippen LogP contribution is 2.33. The average molecular weight is 417 g/mol. The van der Waals surface area contributed by atoms with E-state index in [2.05, 4.69) is 25.7 Å². The van der Waals surface area contributed by atoms with Gasteiger partial charge in [-0.3, -0.25) is 14.5 Å². The van der Waals surface area contributed by atoms with E-state index >= 15 is 0 Å². The molecule has 8 heteroatoms. The maximum Gasteiger partial charge on any atom is 0.272 e. The molecule has 0 spiro atoms. The fourth-order valence-electron chi connectivity index (χ4n) is 4.10. The van der Waals surface area contributed by atoms with E-state index in [-0.39, 0.29) is 11.8 Å². The van der Waals surface area contributed by atoms with Crippen molar-refractivity contribution in [1.82, 2.24) is 20.6 Å². The molecule has 5 rings (SSSR count). The Morgan fingerprint density at radius 2 is 1.97 bits per heavy atom. The molecule has 2 aromatic carbocycles. The van der Waals surface area contributed by atoms with Gasteiger partial charge in [0.1, 0.15) is 0 Å². The Balaban J connectivity index is 1.46. The lowest BCUT2D eigenvalue weighted by Gasteiger charge is -2.26. The van der Waals surface area contributed by atoms with Gasteiger partial charge in [0, 0.05) is 48.2 Å². The fourth-order valence-corrected chi connectivity index (χ4v) is 4.10. The Labute approximate surface area is 179 Å². The molecule has 1 aromatic heterocycles. The Hall–Kier alpha value is -3.49. The van der Waals surface area contributed by atoms with Gasteiger partial charge in [-0.25, -0.2) is 5.43 Å². The molecule has 0 saturated carbocycles. The molecule has 0 atom stereocenters. The van der Waals surface area contributed by atoms with Crippen molar-refractivity contribution >= 4 is 28.9 Å². The zero-order valence-electron chi connectivity index (χ0n) is 17.0. The summed E-state index contributed by atoms with van der Waals surface area (Å²) in [5.74, 6) is -0.539. The second kappa shape index (κ2) is 8.33. The number of hydrogen-bond donors (Lipinski definition) is 3. The molecule has 0 aliphatic carbocycles. The van der Waals surface area contributed by atoms with Gasteiger partial charge in [0.15, 0.2) is 0 Å². The molecule has 2 amide bonds. The summed E-state index contributed by atoms with van der Waals surface area (Å²) in [7, 11) is 0. The summed E-state index contributed by atoms with van der Waals surface area (Å²) < 4.78 is 5.35. The number of carbonyl (C=O) groups excluding carboxylic acids is 2. The summed E-state index contributed by atoms with van der Waals surface area (Å²) in [5.41, 5.74) is 6.81. The Morgan fingerprint density at radius 3 is 2.77 bits per heavy atom. The highest BCUT2D eigenvalue weighted by Gasteiger charge is 2.23. The van der Waals surface area contributed by atoms with Crippen LogP contribution in [0.15, 0.2) is 47.6 Å². The molecule has 3 heterocycles. The molecule has 1 saturated heterocycles. The first kappa shape index (κ1) is 19.5. The summed E-state index contributed by atoms with van der Waals surface area (Å²) in [6.07, 6.45) is 1.65. The van der Waals surface area contributed by atoms with Crippen molar-refractivity contribution in [3.63, 3.8) is 0 Å². The number of nitrogens with zero attached hydrogens (tertiary/aromatic N) is 2. The standard InChI is InChI=1S/C23H23N5O3/c29-22(24-6-7-28-8-10-31-11-9-28)16-12-17-20-18(14-25-27-23(17)30)21(26-19(20)13-16)15-4-2-1-3-5-15/h1-5,12-14,26H,6-11H2,(H,24,29)(H,27,30). The van der Waals surface area contributed by atoms with Crippen molar-refractivity contribution in [1.29, 1.82) is 0 Å². The zero-order valence-corrected chi connectivity index (χ0v) is 17.0. The Morgan fingerprint density at radius 1 is 1.16 bits per heavy atom. The molecular formula is C23H23N5O3. The molecule has 0 bridgehead atoms. The van der Waals surface area contributed by atoms with E-state index in [0.717, 1.165) is 60.6 Å². The second-order valence-corrected chi connectivity index (χ2v) is 7.64. The Bertz CT molecular complexity index is 1160. The first-order valence-corrected chi connectivity index (χ1v) is 10.4. The maximum absolute atomic E-state index is 12.8. The lowest BCUT2D eigenvalue weighted by Crippen LogP contribution is -2.41. The van der Waals surface area contributed by atoms with Crippen LogP contribution in [0, 0.1) is 0 Å². The number of hydrogen-bond acceptors (Lipinski definition) is 5. The second-order valence-electron chi connectivity index (χ2n) is 7.64. The quantitative estimate of drug-likeness (QED) is 0.591. The number of nitrogens with one attached hydrogen (secondary N) is 3. The number of amides is 2. The third kappa shape index (κ3) is 3.83. The molecule has 3 aromatic rings. The molecule has 31 heavy (non-hydrogen) atoms. The van der Waals surface area contributed by atoms with Crippen LogP contribution >= 0.6 is 0 Å². The minimum atomic E-state index is -0.332. The minimum absolute atomic E-state index is 0.207. The van der Waals surface area contributed by atoms with Crippen molar-refractivity contribution < 1.29 is 14.3 Å². The molecular weight excluding hydrogens is 394 g/mol. The van der Waals surface area contributed by atoms with Crippen LogP contribution < -0.4 is 10.7 Å². The number of rotatable bonds is 5. The van der Waals surface area contributed by atoms with Gasteiger partial charge in [0.2, 0.25) is 0 Å². The number of morpholine rings is 1. The zero-order chi connectivity index (χ0) is 21.2. The first-order chi connectivity index (χ1) is 15.2. The third-order valence-electron chi connectivity index (χ3n) is 5.68. The minimum Gasteiger partial charge on any atom is -0.379 e. The molecule has 1 fully saturated rings. The van der Waals surface area contributed by atoms with E-state index in [1.807, 2.05) is 30.3 Å². The lowest BCUT2D eigenvalue weighted by molar-refractivity contribution is 0.0383. The number of carbonyl (C=O) groups is 2. The number of hydrazone groups is 1. The van der Waals surface area contributed by atoms with Crippen molar-refractivity contribution in [3.05, 3.63) is 59.2 Å². The van der Waals surface area contributed by atoms with Crippen LogP contribution in [0.4, 0.5) is 0 Å². The number of aromatic nitrogens is 1. The van der Waals surface area contributed by atoms with Crippen molar-refractivity contribution in [2.75, 3.05) is 39.4 Å². The molecule has 8 nitrogen and oxygen atoms in total. The summed E-state index contributed by atoms with van der Waals surface area (Å²) >= 11 is 0. The predicted octanol–water partition coefficient (Wildman–Crippen LogP) is 1.97.